The summed E-state index contributed by atoms with van der Waals surface area (Å²) in [7, 11) is 0. The standard InChI is InChI=1S/C73H88N2O8/c1-6-9-11-13-15-17-19-27-46-72(47-28-20-18-16-14-12-10-7-2)65-49-58(74(54-29-23-21-24-30-54)56-33-39-60(40-34-56)81-51-67(76)80-8-3)37-43-62(65)63-44-38-59(50-66(63)72)75(55-31-25-22-26-32-55)57-35-41-61(42-36-57)82-52-68(77)83-53-73-48-45-64(71(73,4)5)69(78)70(73)79/h21-26,29-44,49-50,64H,6-20,27-28,45-48,51-53H2,1-5H3. The summed E-state index contributed by atoms with van der Waals surface area (Å²) < 4.78 is 22.7. The number of ether oxygens (including phenoxy) is 4. The highest BCUT2D eigenvalue weighted by Crippen LogP contribution is 2.62. The third-order valence-corrected chi connectivity index (χ3v) is 18.4. The zero-order valence-corrected chi connectivity index (χ0v) is 50.1. The highest BCUT2D eigenvalue weighted by atomic mass is 16.6. The summed E-state index contributed by atoms with van der Waals surface area (Å²) in [5.41, 5.74) is 9.67. The monoisotopic (exact) mass is 1120 g/mol. The van der Waals surface area contributed by atoms with Crippen LogP contribution in [0.4, 0.5) is 34.1 Å². The van der Waals surface area contributed by atoms with Gasteiger partial charge in [-0.05, 0) is 157 Å². The van der Waals surface area contributed by atoms with Gasteiger partial charge in [-0.2, -0.15) is 0 Å². The Labute approximate surface area is 494 Å². The van der Waals surface area contributed by atoms with Gasteiger partial charge in [0.05, 0.1) is 12.0 Å². The number of ketones is 2. The van der Waals surface area contributed by atoms with Crippen LogP contribution in [0.1, 0.15) is 174 Å². The normalized spacial score (nSPS) is 17.0. The van der Waals surface area contributed by atoms with Crippen molar-refractivity contribution >= 4 is 57.6 Å². The summed E-state index contributed by atoms with van der Waals surface area (Å²) in [6, 6.07) is 51.2. The number of benzene rings is 6. The van der Waals surface area contributed by atoms with E-state index in [1.165, 1.54) is 112 Å². The Bertz CT molecular complexity index is 3080. The molecule has 2 atom stereocenters. The first-order valence-corrected chi connectivity index (χ1v) is 31.3. The number of fused-ring (bicyclic) bond motifs is 5. The Kier molecular flexibility index (Phi) is 20.7. The molecule has 0 saturated heterocycles. The van der Waals surface area contributed by atoms with E-state index in [-0.39, 0.29) is 36.9 Å². The van der Waals surface area contributed by atoms with Crippen LogP contribution in [-0.4, -0.2) is 49.9 Å². The predicted molar refractivity (Wildman–Crippen MR) is 334 cm³/mol. The Morgan fingerprint density at radius 2 is 0.880 bits per heavy atom. The van der Waals surface area contributed by atoms with E-state index in [9.17, 15) is 19.2 Å². The molecular formula is C73H88N2O8. The summed E-state index contributed by atoms with van der Waals surface area (Å²) in [6.07, 6.45) is 23.2. The third-order valence-electron chi connectivity index (χ3n) is 18.4. The van der Waals surface area contributed by atoms with Gasteiger partial charge >= 0.3 is 11.9 Å². The second-order valence-corrected chi connectivity index (χ2v) is 24.0. The van der Waals surface area contributed by atoms with E-state index < -0.39 is 28.6 Å². The largest absolute Gasteiger partial charge is 0.482 e. The molecule has 9 rings (SSSR count). The molecule has 2 bridgehead atoms. The van der Waals surface area contributed by atoms with Crippen molar-refractivity contribution in [3.8, 4) is 22.6 Å². The van der Waals surface area contributed by atoms with Gasteiger partial charge in [-0.3, -0.25) is 9.59 Å². The zero-order valence-electron chi connectivity index (χ0n) is 50.1. The number of nitrogens with zero attached hydrogens (tertiary/aromatic N) is 2. The lowest BCUT2D eigenvalue weighted by Crippen LogP contribution is -2.42. The number of Topliss-reactive ketones (excluding diaryl/α,β-unsaturated/α-hetero) is 2. The van der Waals surface area contributed by atoms with Crippen LogP contribution >= 0.6 is 0 Å². The van der Waals surface area contributed by atoms with E-state index in [0.29, 0.717) is 30.9 Å². The number of esters is 2. The number of anilines is 6. The molecule has 83 heavy (non-hydrogen) atoms. The van der Waals surface area contributed by atoms with Crippen molar-refractivity contribution in [2.75, 3.05) is 36.2 Å². The van der Waals surface area contributed by atoms with Crippen LogP contribution in [0.25, 0.3) is 11.1 Å². The topological polar surface area (TPSA) is 112 Å². The number of unbranched alkanes of at least 4 members (excludes halogenated alkanes) is 14. The van der Waals surface area contributed by atoms with E-state index in [1.54, 1.807) is 6.92 Å². The van der Waals surface area contributed by atoms with Crippen LogP contribution in [0.15, 0.2) is 146 Å². The third kappa shape index (κ3) is 13.6. The maximum Gasteiger partial charge on any atom is 0.344 e. The van der Waals surface area contributed by atoms with E-state index in [2.05, 4.69) is 127 Å². The van der Waals surface area contributed by atoms with Crippen LogP contribution in [-0.2, 0) is 34.1 Å². The molecule has 3 aliphatic carbocycles. The van der Waals surface area contributed by atoms with Gasteiger partial charge in [0.1, 0.15) is 18.1 Å². The van der Waals surface area contributed by atoms with Crippen molar-refractivity contribution in [1.29, 1.82) is 0 Å². The summed E-state index contributed by atoms with van der Waals surface area (Å²) in [6.45, 7) is 9.98. The molecule has 2 unspecified atom stereocenters. The number of rotatable bonds is 33. The smallest absolute Gasteiger partial charge is 0.344 e. The van der Waals surface area contributed by atoms with Crippen LogP contribution < -0.4 is 19.3 Å². The highest BCUT2D eigenvalue weighted by Gasteiger charge is 2.69. The lowest BCUT2D eigenvalue weighted by atomic mass is 9.69. The molecule has 0 radical (unpaired) electrons. The van der Waals surface area contributed by atoms with E-state index in [0.717, 1.165) is 59.8 Å². The van der Waals surface area contributed by atoms with E-state index >= 15 is 0 Å². The minimum absolute atomic E-state index is 0.112. The van der Waals surface area contributed by atoms with Gasteiger partial charge in [0.15, 0.2) is 13.2 Å². The van der Waals surface area contributed by atoms with E-state index in [4.69, 9.17) is 18.9 Å². The first kappa shape index (κ1) is 60.4. The maximum atomic E-state index is 13.2. The first-order valence-electron chi connectivity index (χ1n) is 31.3. The van der Waals surface area contributed by atoms with Gasteiger partial charge in [-0.25, -0.2) is 9.59 Å². The summed E-state index contributed by atoms with van der Waals surface area (Å²) in [4.78, 5) is 55.9. The van der Waals surface area contributed by atoms with Crippen molar-refractivity contribution in [3.05, 3.63) is 157 Å². The van der Waals surface area contributed by atoms with Crippen LogP contribution in [0.2, 0.25) is 0 Å². The average molecular weight is 1120 g/mol. The predicted octanol–water partition coefficient (Wildman–Crippen LogP) is 18.4. The fourth-order valence-corrected chi connectivity index (χ4v) is 13.7. The van der Waals surface area contributed by atoms with Crippen molar-refractivity contribution in [2.45, 2.75) is 168 Å². The van der Waals surface area contributed by atoms with Crippen molar-refractivity contribution in [1.82, 2.24) is 0 Å². The van der Waals surface area contributed by atoms with Crippen molar-refractivity contribution < 1.29 is 38.1 Å². The number of carbonyl (C=O) groups is 4. The second kappa shape index (κ2) is 28.4. The van der Waals surface area contributed by atoms with Gasteiger partial charge in [0.25, 0.3) is 0 Å². The molecule has 0 spiro atoms. The van der Waals surface area contributed by atoms with E-state index in [1.807, 2.05) is 56.3 Å². The van der Waals surface area contributed by atoms with Gasteiger partial charge in [-0.1, -0.05) is 179 Å². The minimum Gasteiger partial charge on any atom is -0.482 e. The number of carbonyl (C=O) groups excluding carboxylic acids is 4. The summed E-state index contributed by atoms with van der Waals surface area (Å²) in [5, 5.41) is 0. The minimum atomic E-state index is -0.972. The van der Waals surface area contributed by atoms with Crippen LogP contribution in [0, 0.1) is 16.7 Å². The molecule has 2 saturated carbocycles. The Hall–Kier alpha value is -7.20. The molecule has 0 amide bonds. The lowest BCUT2D eigenvalue weighted by molar-refractivity contribution is -0.155. The van der Waals surface area contributed by atoms with Crippen molar-refractivity contribution in [3.63, 3.8) is 0 Å². The molecule has 6 aromatic rings. The summed E-state index contributed by atoms with van der Waals surface area (Å²) >= 11 is 0. The Balaban J connectivity index is 1.05. The molecule has 0 heterocycles. The second-order valence-electron chi connectivity index (χ2n) is 24.0. The molecule has 10 heteroatoms. The SMILES string of the molecule is CCCCCCCCCCC1(CCCCCCCCCC)c2cc(N(c3ccccc3)c3ccc(OCC(=O)OCC)cc3)ccc2-c2ccc(N(c3ccccc3)c3ccc(OCC(=O)OCC45CCC(C(=O)C4=O)C5(C)C)cc3)cc21. The van der Waals surface area contributed by atoms with Gasteiger partial charge < -0.3 is 28.7 Å². The molecule has 3 aliphatic rings. The molecule has 10 nitrogen and oxygen atoms in total. The fraction of sp³-hybridized carbons (Fsp3) is 0.452. The molecule has 0 N–H and O–H groups in total. The van der Waals surface area contributed by atoms with Crippen molar-refractivity contribution in [2.24, 2.45) is 16.7 Å². The van der Waals surface area contributed by atoms with Crippen LogP contribution in [0.3, 0.4) is 0 Å². The number of para-hydroxylation sites is 2. The summed E-state index contributed by atoms with van der Waals surface area (Å²) in [5.74, 6) is -0.903. The lowest BCUT2D eigenvalue weighted by Gasteiger charge is -2.35. The maximum absolute atomic E-state index is 13.2. The Morgan fingerprint density at radius 1 is 0.482 bits per heavy atom. The quantitative estimate of drug-likeness (QED) is 0.0224. The number of hydrogen-bond acceptors (Lipinski definition) is 10. The molecule has 438 valence electrons. The van der Waals surface area contributed by atoms with Gasteiger partial charge in [0.2, 0.25) is 11.6 Å². The molecule has 0 aliphatic heterocycles. The van der Waals surface area contributed by atoms with Crippen LogP contribution in [0.5, 0.6) is 11.5 Å². The Morgan fingerprint density at radius 3 is 1.29 bits per heavy atom. The van der Waals surface area contributed by atoms with Gasteiger partial charge in [-0.15, -0.1) is 0 Å². The first-order chi connectivity index (χ1) is 40.4. The average Bonchev–Trinajstić information content (AvgIpc) is 1.67. The number of hydrogen-bond donors (Lipinski definition) is 0. The molecular weight excluding hydrogens is 1030 g/mol. The zero-order chi connectivity index (χ0) is 58.2. The fourth-order valence-electron chi connectivity index (χ4n) is 13.7. The molecule has 0 aromatic heterocycles. The molecule has 6 aromatic carbocycles. The molecule has 2 fully saturated rings. The van der Waals surface area contributed by atoms with Gasteiger partial charge in [0, 0.05) is 45.5 Å². The highest BCUT2D eigenvalue weighted by molar-refractivity contribution is 6.43.